The number of furan rings is 1. The van der Waals surface area contributed by atoms with Crippen LogP contribution >= 0.6 is 0 Å². The Kier molecular flexibility index (Phi) is 6.70. The predicted molar refractivity (Wildman–Crippen MR) is 141 cm³/mol. The Morgan fingerprint density at radius 3 is 2.61 bits per heavy atom. The van der Waals surface area contributed by atoms with Crippen LogP contribution in [0.3, 0.4) is 0 Å². The van der Waals surface area contributed by atoms with E-state index >= 15 is 0 Å². The van der Waals surface area contributed by atoms with Crippen molar-refractivity contribution in [3.05, 3.63) is 59.1 Å². The highest BCUT2D eigenvalue weighted by Crippen LogP contribution is 2.33. The van der Waals surface area contributed by atoms with Gasteiger partial charge in [0.1, 0.15) is 23.1 Å². The van der Waals surface area contributed by atoms with Gasteiger partial charge < -0.3 is 29.6 Å². The molecule has 11 heteroatoms. The highest BCUT2D eigenvalue weighted by atomic mass is 16.5. The van der Waals surface area contributed by atoms with Gasteiger partial charge in [-0.1, -0.05) is 6.07 Å². The molecule has 5 rings (SSSR count). The molecule has 4 amide bonds. The highest BCUT2D eigenvalue weighted by Gasteiger charge is 2.52. The topological polar surface area (TPSA) is 129 Å². The van der Waals surface area contributed by atoms with Crippen LogP contribution in [0.4, 0.5) is 4.79 Å². The van der Waals surface area contributed by atoms with Crippen molar-refractivity contribution in [3.63, 3.8) is 0 Å². The first kappa shape index (κ1) is 25.5. The van der Waals surface area contributed by atoms with Crippen molar-refractivity contribution in [2.45, 2.75) is 38.0 Å². The Morgan fingerprint density at radius 1 is 1.18 bits per heavy atom. The molecule has 2 fully saturated rings. The van der Waals surface area contributed by atoms with Crippen LogP contribution in [0.15, 0.2) is 45.8 Å². The standard InChI is InChI=1S/C27H32N6O5/c1-16-12-32(13-17(2)29-16)23(28-3)10-8-19-7-9-22(38-19)27(25(35)30-26(36)31-27)15-33-14-18-5-6-20(37-4)11-21(18)24(33)34/h5-11,16-17,29H,12-15H2,1-4H3,(H2,30,31,35,36)/b10-8-,28-23?. The number of benzene rings is 1. The van der Waals surface area contributed by atoms with E-state index in [4.69, 9.17) is 9.15 Å². The normalized spacial score (nSPS) is 25.7. The number of fused-ring (bicyclic) bond motifs is 1. The zero-order valence-electron chi connectivity index (χ0n) is 21.9. The summed E-state index contributed by atoms with van der Waals surface area (Å²) in [4.78, 5) is 46.7. The van der Waals surface area contributed by atoms with Crippen molar-refractivity contribution in [1.82, 2.24) is 25.8 Å². The van der Waals surface area contributed by atoms with Crippen LogP contribution in [0.25, 0.3) is 6.08 Å². The largest absolute Gasteiger partial charge is 0.497 e. The second-order valence-corrected chi connectivity index (χ2v) is 9.99. The third-order valence-electron chi connectivity index (χ3n) is 7.12. The van der Waals surface area contributed by atoms with Crippen molar-refractivity contribution in [3.8, 4) is 5.75 Å². The molecule has 3 N–H and O–H groups in total. The van der Waals surface area contributed by atoms with Gasteiger partial charge in [0.2, 0.25) is 0 Å². The van der Waals surface area contributed by atoms with Gasteiger partial charge in [-0.3, -0.25) is 19.9 Å². The van der Waals surface area contributed by atoms with Crippen molar-refractivity contribution < 1.29 is 23.5 Å². The number of amides is 4. The minimum atomic E-state index is -1.56. The third-order valence-corrected chi connectivity index (χ3v) is 7.12. The van der Waals surface area contributed by atoms with Crippen molar-refractivity contribution in [1.29, 1.82) is 0 Å². The van der Waals surface area contributed by atoms with Crippen LogP contribution in [0.1, 0.15) is 41.3 Å². The number of hydrogen-bond acceptors (Lipinski definition) is 7. The van der Waals surface area contributed by atoms with E-state index in [-0.39, 0.29) is 18.2 Å². The average Bonchev–Trinajstić information content (AvgIpc) is 3.55. The van der Waals surface area contributed by atoms with Crippen LogP contribution in [-0.4, -0.2) is 79.4 Å². The first-order chi connectivity index (χ1) is 18.2. The van der Waals surface area contributed by atoms with Gasteiger partial charge in [0.25, 0.3) is 11.8 Å². The zero-order chi connectivity index (χ0) is 27.0. The molecule has 3 aliphatic heterocycles. The van der Waals surface area contributed by atoms with Gasteiger partial charge in [0.15, 0.2) is 5.54 Å². The number of carbonyl (C=O) groups is 3. The summed E-state index contributed by atoms with van der Waals surface area (Å²) >= 11 is 0. The number of hydrogen-bond donors (Lipinski definition) is 3. The number of nitrogens with one attached hydrogen (secondary N) is 3. The molecule has 3 aliphatic rings. The summed E-state index contributed by atoms with van der Waals surface area (Å²) in [6.45, 7) is 6.15. The Labute approximate surface area is 220 Å². The number of amidine groups is 1. The summed E-state index contributed by atoms with van der Waals surface area (Å²) in [5, 5.41) is 8.51. The fourth-order valence-electron chi connectivity index (χ4n) is 5.40. The Morgan fingerprint density at radius 2 is 1.95 bits per heavy atom. The SMILES string of the molecule is CN=C(/C=C\c1ccc(C2(CN3Cc4ccc(OC)cc4C3=O)NC(=O)NC2=O)o1)N1CC(C)NC(C)C1. The van der Waals surface area contributed by atoms with Gasteiger partial charge in [-0.25, -0.2) is 4.79 Å². The summed E-state index contributed by atoms with van der Waals surface area (Å²) < 4.78 is 11.3. The lowest BCUT2D eigenvalue weighted by atomic mass is 9.95. The maximum atomic E-state index is 13.2. The van der Waals surface area contributed by atoms with Crippen molar-refractivity contribution in [2.24, 2.45) is 4.99 Å². The molecule has 4 heterocycles. The molecule has 0 spiro atoms. The number of carbonyl (C=O) groups excluding carboxylic acids is 3. The molecule has 3 atom stereocenters. The molecular formula is C27H32N6O5. The monoisotopic (exact) mass is 520 g/mol. The number of imide groups is 1. The predicted octanol–water partition coefficient (Wildman–Crippen LogP) is 1.70. The van der Waals surface area contributed by atoms with Crippen molar-refractivity contribution >= 4 is 29.8 Å². The molecule has 38 heavy (non-hydrogen) atoms. The van der Waals surface area contributed by atoms with Gasteiger partial charge in [-0.05, 0) is 55.8 Å². The van der Waals surface area contributed by atoms with Crippen LogP contribution in [0.2, 0.25) is 0 Å². The van der Waals surface area contributed by atoms with Gasteiger partial charge in [-0.15, -0.1) is 0 Å². The van der Waals surface area contributed by atoms with E-state index in [1.165, 1.54) is 12.0 Å². The molecule has 1 aromatic heterocycles. The third kappa shape index (κ3) is 4.65. The Balaban J connectivity index is 1.38. The summed E-state index contributed by atoms with van der Waals surface area (Å²) in [5.41, 5.74) is -0.229. The average molecular weight is 521 g/mol. The molecule has 2 saturated heterocycles. The van der Waals surface area contributed by atoms with Crippen LogP contribution < -0.4 is 20.7 Å². The number of methoxy groups -OCH3 is 1. The second kappa shape index (κ2) is 9.97. The molecule has 0 bridgehead atoms. The number of aliphatic imine (C=N–C) groups is 1. The van der Waals surface area contributed by atoms with Crippen LogP contribution in [-0.2, 0) is 16.9 Å². The lowest BCUT2D eigenvalue weighted by Crippen LogP contribution is -2.55. The molecule has 3 unspecified atom stereocenters. The molecule has 0 saturated carbocycles. The van der Waals surface area contributed by atoms with Gasteiger partial charge in [0, 0.05) is 44.3 Å². The molecule has 2 aromatic rings. The molecule has 11 nitrogen and oxygen atoms in total. The van der Waals surface area contributed by atoms with E-state index in [2.05, 4.69) is 39.7 Å². The van der Waals surface area contributed by atoms with E-state index in [1.807, 2.05) is 12.1 Å². The van der Waals surface area contributed by atoms with E-state index in [0.717, 1.165) is 24.5 Å². The Bertz CT molecular complexity index is 1320. The first-order valence-corrected chi connectivity index (χ1v) is 12.6. The van der Waals surface area contributed by atoms with Gasteiger partial charge in [-0.2, -0.15) is 0 Å². The molecule has 0 aliphatic carbocycles. The quantitative estimate of drug-likeness (QED) is 0.300. The summed E-state index contributed by atoms with van der Waals surface area (Å²) in [6.07, 6.45) is 3.66. The molecular weight excluding hydrogens is 488 g/mol. The summed E-state index contributed by atoms with van der Waals surface area (Å²) in [6, 6.07) is 8.71. The number of piperazine rings is 1. The fourth-order valence-corrected chi connectivity index (χ4v) is 5.40. The molecule has 0 radical (unpaired) electrons. The smallest absolute Gasteiger partial charge is 0.322 e. The van der Waals surface area contributed by atoms with Gasteiger partial charge >= 0.3 is 6.03 Å². The summed E-state index contributed by atoms with van der Waals surface area (Å²) in [5.74, 6) is 1.30. The van der Waals surface area contributed by atoms with E-state index in [1.54, 1.807) is 37.4 Å². The molecule has 1 aromatic carbocycles. The van der Waals surface area contributed by atoms with Gasteiger partial charge in [0.05, 0.1) is 13.7 Å². The summed E-state index contributed by atoms with van der Waals surface area (Å²) in [7, 11) is 3.29. The maximum absolute atomic E-state index is 13.2. The molecule has 200 valence electrons. The first-order valence-electron chi connectivity index (χ1n) is 12.6. The lowest BCUT2D eigenvalue weighted by Gasteiger charge is -2.37. The minimum absolute atomic E-state index is 0.0880. The number of nitrogens with zero attached hydrogens (tertiary/aromatic N) is 3. The minimum Gasteiger partial charge on any atom is -0.497 e. The number of ether oxygens (including phenoxy) is 1. The van der Waals surface area contributed by atoms with Crippen LogP contribution in [0, 0.1) is 0 Å². The fraction of sp³-hybridized carbons (Fsp3) is 0.407. The van der Waals surface area contributed by atoms with E-state index < -0.39 is 17.5 Å². The van der Waals surface area contributed by atoms with E-state index in [9.17, 15) is 14.4 Å². The lowest BCUT2D eigenvalue weighted by molar-refractivity contribution is -0.125. The number of rotatable bonds is 6. The maximum Gasteiger partial charge on any atom is 0.322 e. The Hall–Kier alpha value is -4.12. The second-order valence-electron chi connectivity index (χ2n) is 9.99. The van der Waals surface area contributed by atoms with Crippen molar-refractivity contribution in [2.75, 3.05) is 33.8 Å². The number of urea groups is 1. The van der Waals surface area contributed by atoms with E-state index in [0.29, 0.717) is 35.7 Å². The van der Waals surface area contributed by atoms with Crippen LogP contribution in [0.5, 0.6) is 5.75 Å². The zero-order valence-corrected chi connectivity index (χ0v) is 21.9. The highest BCUT2D eigenvalue weighted by molar-refractivity contribution is 6.08.